The molecule has 0 radical (unpaired) electrons. The van der Waals surface area contributed by atoms with Crippen LogP contribution in [-0.2, 0) is 18.8 Å². The Bertz CT molecular complexity index is 1170. The molecular formula is C19H12ClF6N3O2. The number of aromatic nitrogens is 3. The Morgan fingerprint density at radius 1 is 1.03 bits per heavy atom. The lowest BCUT2D eigenvalue weighted by Gasteiger charge is -2.15. The third-order valence-electron chi connectivity index (χ3n) is 4.02. The molecule has 0 aliphatic carbocycles. The van der Waals surface area contributed by atoms with Gasteiger partial charge in [0.2, 0.25) is 5.75 Å². The van der Waals surface area contributed by atoms with E-state index in [0.717, 1.165) is 12.1 Å². The van der Waals surface area contributed by atoms with Crippen LogP contribution in [0.25, 0.3) is 11.5 Å². The van der Waals surface area contributed by atoms with Crippen molar-refractivity contribution in [2.24, 2.45) is 0 Å². The van der Waals surface area contributed by atoms with Gasteiger partial charge < -0.3 is 9.72 Å². The minimum atomic E-state index is -5.14. The molecule has 2 heterocycles. The summed E-state index contributed by atoms with van der Waals surface area (Å²) in [6.45, 7) is 1.78. The van der Waals surface area contributed by atoms with Crippen molar-refractivity contribution in [3.8, 4) is 23.0 Å². The summed E-state index contributed by atoms with van der Waals surface area (Å²) in [4.78, 5) is 22.0. The van der Waals surface area contributed by atoms with Gasteiger partial charge in [0.1, 0.15) is 11.4 Å². The number of nitrogens with one attached hydrogen (secondary N) is 1. The average molecular weight is 464 g/mol. The van der Waals surface area contributed by atoms with Crippen molar-refractivity contribution in [3.63, 3.8) is 0 Å². The fourth-order valence-electron chi connectivity index (χ4n) is 2.58. The largest absolute Gasteiger partial charge is 0.449 e. The van der Waals surface area contributed by atoms with Crippen molar-refractivity contribution in [2.45, 2.75) is 25.7 Å². The summed E-state index contributed by atoms with van der Waals surface area (Å²) in [5.41, 5.74) is -3.85. The smallest absolute Gasteiger partial charge is 0.437 e. The molecule has 164 valence electrons. The van der Waals surface area contributed by atoms with E-state index in [1.807, 2.05) is 0 Å². The van der Waals surface area contributed by atoms with E-state index in [4.69, 9.17) is 16.3 Å². The number of hydrogen-bond acceptors (Lipinski definition) is 4. The number of halogens is 7. The van der Waals surface area contributed by atoms with Crippen LogP contribution in [0.1, 0.15) is 23.9 Å². The van der Waals surface area contributed by atoms with Gasteiger partial charge in [-0.2, -0.15) is 26.3 Å². The first-order chi connectivity index (χ1) is 14.4. The molecule has 0 spiro atoms. The molecule has 1 N–H and O–H groups in total. The van der Waals surface area contributed by atoms with Gasteiger partial charge in [0, 0.05) is 5.69 Å². The highest BCUT2D eigenvalue weighted by Crippen LogP contribution is 2.39. The molecule has 0 atom stereocenters. The molecule has 0 aliphatic heterocycles. The summed E-state index contributed by atoms with van der Waals surface area (Å²) >= 11 is 5.49. The lowest BCUT2D eigenvalue weighted by molar-refractivity contribution is -0.142. The zero-order chi connectivity index (χ0) is 23.0. The molecule has 12 heteroatoms. The fourth-order valence-corrected chi connectivity index (χ4v) is 2.81. The minimum absolute atomic E-state index is 0.0145. The number of benzene rings is 1. The van der Waals surface area contributed by atoms with Gasteiger partial charge in [0.05, 0.1) is 10.6 Å². The van der Waals surface area contributed by atoms with Crippen molar-refractivity contribution >= 4 is 11.6 Å². The molecular weight excluding hydrogens is 452 g/mol. The van der Waals surface area contributed by atoms with Gasteiger partial charge in [0.15, 0.2) is 11.5 Å². The van der Waals surface area contributed by atoms with Gasteiger partial charge in [-0.15, -0.1) is 0 Å². The summed E-state index contributed by atoms with van der Waals surface area (Å²) in [5, 5.41) is -0.680. The number of H-pyrrole nitrogens is 1. The van der Waals surface area contributed by atoms with E-state index in [9.17, 15) is 31.1 Å². The van der Waals surface area contributed by atoms with Gasteiger partial charge >= 0.3 is 12.4 Å². The number of pyridine rings is 1. The number of aryl methyl sites for hydroxylation is 1. The highest BCUT2D eigenvalue weighted by Gasteiger charge is 2.39. The number of ether oxygens (including phenoxy) is 1. The molecule has 31 heavy (non-hydrogen) atoms. The number of nitrogens with zero attached hydrogens (tertiary/aromatic N) is 2. The molecule has 0 bridgehead atoms. The normalized spacial score (nSPS) is 12.1. The molecule has 5 nitrogen and oxygen atoms in total. The molecule has 0 unspecified atom stereocenters. The number of alkyl halides is 6. The van der Waals surface area contributed by atoms with Gasteiger partial charge in [-0.25, -0.2) is 9.97 Å². The fraction of sp³-hybridized carbons (Fsp3) is 0.211. The third-order valence-corrected chi connectivity index (χ3v) is 4.35. The van der Waals surface area contributed by atoms with E-state index in [1.165, 1.54) is 12.1 Å². The topological polar surface area (TPSA) is 67.9 Å². The predicted molar refractivity (Wildman–Crippen MR) is 99.0 cm³/mol. The van der Waals surface area contributed by atoms with Crippen LogP contribution in [0.2, 0.25) is 5.02 Å². The maximum absolute atomic E-state index is 13.6. The van der Waals surface area contributed by atoms with Gasteiger partial charge in [-0.05, 0) is 36.8 Å². The summed E-state index contributed by atoms with van der Waals surface area (Å²) in [6.07, 6.45) is -9.53. The Morgan fingerprint density at radius 2 is 1.74 bits per heavy atom. The number of rotatable bonds is 4. The summed E-state index contributed by atoms with van der Waals surface area (Å²) in [6, 6.07) is 6.61. The second-order valence-electron chi connectivity index (χ2n) is 6.20. The van der Waals surface area contributed by atoms with E-state index < -0.39 is 51.5 Å². The van der Waals surface area contributed by atoms with E-state index in [-0.39, 0.29) is 5.69 Å². The Morgan fingerprint density at radius 3 is 2.35 bits per heavy atom. The zero-order valence-electron chi connectivity index (χ0n) is 15.5. The van der Waals surface area contributed by atoms with Crippen LogP contribution in [0, 0.1) is 0 Å². The highest BCUT2D eigenvalue weighted by molar-refractivity contribution is 6.31. The maximum atomic E-state index is 13.6. The maximum Gasteiger partial charge on any atom is 0.437 e. The number of hydrogen-bond donors (Lipinski definition) is 1. The lowest BCUT2D eigenvalue weighted by Crippen LogP contribution is -2.21. The Balaban J connectivity index is 2.12. The van der Waals surface area contributed by atoms with Crippen molar-refractivity contribution < 1.29 is 31.1 Å². The molecule has 2 aromatic heterocycles. The first-order valence-corrected chi connectivity index (χ1v) is 9.00. The number of aromatic amines is 1. The standard InChI is InChI=1S/C19H12ClF6N3O2/c1-2-9-4-3-5-13(27-9)16-28-15(19(24,25)26)14(17(30)29-16)31-10-6-7-12(20)11(8-10)18(21,22)23/h3-8H,2H2,1H3,(H,28,29,30). The molecule has 0 fully saturated rings. The molecule has 3 rings (SSSR count). The molecule has 0 saturated carbocycles. The van der Waals surface area contributed by atoms with Crippen LogP contribution in [-0.4, -0.2) is 15.0 Å². The van der Waals surface area contributed by atoms with Crippen LogP contribution >= 0.6 is 11.6 Å². The van der Waals surface area contributed by atoms with E-state index in [1.54, 1.807) is 13.0 Å². The first-order valence-electron chi connectivity index (χ1n) is 8.62. The van der Waals surface area contributed by atoms with E-state index in [2.05, 4.69) is 15.0 Å². The lowest BCUT2D eigenvalue weighted by atomic mass is 10.2. The Kier molecular flexibility index (Phi) is 5.99. The average Bonchev–Trinajstić information content (AvgIpc) is 2.69. The minimum Gasteiger partial charge on any atom is -0.449 e. The van der Waals surface area contributed by atoms with Crippen molar-refractivity contribution in [1.82, 2.24) is 15.0 Å². The second kappa shape index (κ2) is 8.22. The van der Waals surface area contributed by atoms with E-state index in [0.29, 0.717) is 18.2 Å². The third kappa shape index (κ3) is 4.98. The quantitative estimate of drug-likeness (QED) is 0.491. The highest BCUT2D eigenvalue weighted by atomic mass is 35.5. The predicted octanol–water partition coefficient (Wildman–Crippen LogP) is 5.88. The summed E-state index contributed by atoms with van der Waals surface area (Å²) in [7, 11) is 0. The zero-order valence-corrected chi connectivity index (χ0v) is 16.3. The molecule has 0 amide bonds. The summed E-state index contributed by atoms with van der Waals surface area (Å²) < 4.78 is 84.7. The Hall–Kier alpha value is -3.08. The van der Waals surface area contributed by atoms with Gasteiger partial charge in [-0.1, -0.05) is 24.6 Å². The van der Waals surface area contributed by atoms with E-state index >= 15 is 0 Å². The SMILES string of the molecule is CCc1cccc(-c2nc(C(F)(F)F)c(Oc3ccc(Cl)c(C(F)(F)F)c3)c(=O)[nH]2)n1. The van der Waals surface area contributed by atoms with Crippen LogP contribution in [0.15, 0.2) is 41.2 Å². The molecule has 1 aromatic carbocycles. The monoisotopic (exact) mass is 463 g/mol. The summed E-state index contributed by atoms with van der Waals surface area (Å²) in [5.74, 6) is -2.45. The van der Waals surface area contributed by atoms with Gasteiger partial charge in [-0.3, -0.25) is 4.79 Å². The molecule has 0 saturated heterocycles. The van der Waals surface area contributed by atoms with Crippen molar-refractivity contribution in [3.05, 3.63) is 68.7 Å². The molecule has 3 aromatic rings. The Labute approximate surface area is 175 Å². The first kappa shape index (κ1) is 22.6. The second-order valence-corrected chi connectivity index (χ2v) is 6.61. The van der Waals surface area contributed by atoms with Crippen LogP contribution in [0.5, 0.6) is 11.5 Å². The van der Waals surface area contributed by atoms with Crippen LogP contribution in [0.3, 0.4) is 0 Å². The van der Waals surface area contributed by atoms with Crippen LogP contribution in [0.4, 0.5) is 26.3 Å². The van der Waals surface area contributed by atoms with Gasteiger partial charge in [0.25, 0.3) is 5.56 Å². The van der Waals surface area contributed by atoms with Crippen molar-refractivity contribution in [1.29, 1.82) is 0 Å². The van der Waals surface area contributed by atoms with Crippen LogP contribution < -0.4 is 10.3 Å². The molecule has 0 aliphatic rings. The van der Waals surface area contributed by atoms with Crippen molar-refractivity contribution in [2.75, 3.05) is 0 Å².